The number of carbonyl (C=O) groups excluding carboxylic acids is 3. The number of hydrogen-bond acceptors (Lipinski definition) is 6. The fraction of sp³-hybridized carbons (Fsp3) is 0.417. The summed E-state index contributed by atoms with van der Waals surface area (Å²) in [7, 11) is 0. The molecule has 0 aliphatic heterocycles. The predicted octanol–water partition coefficient (Wildman–Crippen LogP) is 4.56. The third kappa shape index (κ3) is 4.93. The minimum Gasteiger partial charge on any atom is -0.465 e. The molecule has 0 unspecified atom stereocenters. The zero-order valence-electron chi connectivity index (χ0n) is 17.6. The van der Waals surface area contributed by atoms with Crippen LogP contribution in [0.4, 0.5) is 0 Å². The van der Waals surface area contributed by atoms with Gasteiger partial charge in [-0.2, -0.15) is 0 Å². The lowest BCUT2D eigenvalue weighted by Gasteiger charge is -2.31. The SMILES string of the molecule is CCOC(=O)C1(C=Cc2ccc3ccc([C@@H](C)OC(C)=O)nc3c2)CCC(=O)CC1. The van der Waals surface area contributed by atoms with Crippen molar-refractivity contribution in [3.63, 3.8) is 0 Å². The summed E-state index contributed by atoms with van der Waals surface area (Å²) >= 11 is 0. The van der Waals surface area contributed by atoms with Crippen LogP contribution in [0, 0.1) is 5.41 Å². The largest absolute Gasteiger partial charge is 0.465 e. The van der Waals surface area contributed by atoms with E-state index in [0.29, 0.717) is 38.0 Å². The first kappa shape index (κ1) is 21.7. The molecule has 0 amide bonds. The number of benzene rings is 1. The van der Waals surface area contributed by atoms with Crippen molar-refractivity contribution in [3.8, 4) is 0 Å². The van der Waals surface area contributed by atoms with Gasteiger partial charge in [-0.1, -0.05) is 30.4 Å². The summed E-state index contributed by atoms with van der Waals surface area (Å²) in [6, 6.07) is 9.65. The second-order valence-electron chi connectivity index (χ2n) is 7.69. The number of esters is 2. The molecular formula is C24H27NO5. The molecule has 30 heavy (non-hydrogen) atoms. The van der Waals surface area contributed by atoms with Crippen molar-refractivity contribution >= 4 is 34.7 Å². The molecule has 1 saturated carbocycles. The highest BCUT2D eigenvalue weighted by Crippen LogP contribution is 2.38. The van der Waals surface area contributed by atoms with E-state index in [1.807, 2.05) is 42.5 Å². The van der Waals surface area contributed by atoms with Crippen LogP contribution in [0.15, 0.2) is 36.4 Å². The van der Waals surface area contributed by atoms with Gasteiger partial charge in [0, 0.05) is 25.2 Å². The number of rotatable bonds is 6. The van der Waals surface area contributed by atoms with Crippen molar-refractivity contribution in [2.75, 3.05) is 6.61 Å². The second-order valence-corrected chi connectivity index (χ2v) is 7.69. The van der Waals surface area contributed by atoms with E-state index in [4.69, 9.17) is 9.47 Å². The molecule has 6 nitrogen and oxygen atoms in total. The highest BCUT2D eigenvalue weighted by atomic mass is 16.5. The molecule has 0 N–H and O–H groups in total. The smallest absolute Gasteiger partial charge is 0.315 e. The number of aromatic nitrogens is 1. The molecule has 0 bridgehead atoms. The highest BCUT2D eigenvalue weighted by molar-refractivity contribution is 5.87. The van der Waals surface area contributed by atoms with E-state index in [9.17, 15) is 14.4 Å². The van der Waals surface area contributed by atoms with Crippen LogP contribution in [0.1, 0.15) is 63.8 Å². The maximum atomic E-state index is 12.6. The number of hydrogen-bond donors (Lipinski definition) is 0. The Morgan fingerprint density at radius 2 is 1.90 bits per heavy atom. The zero-order valence-corrected chi connectivity index (χ0v) is 17.6. The van der Waals surface area contributed by atoms with Crippen LogP contribution in [0.25, 0.3) is 17.0 Å². The molecule has 158 valence electrons. The number of ether oxygens (including phenoxy) is 2. The molecule has 0 spiro atoms. The molecule has 1 aliphatic rings. The zero-order chi connectivity index (χ0) is 21.7. The minimum atomic E-state index is -0.766. The monoisotopic (exact) mass is 409 g/mol. The van der Waals surface area contributed by atoms with Crippen molar-refractivity contribution in [3.05, 3.63) is 47.7 Å². The molecule has 1 aromatic carbocycles. The molecule has 3 rings (SSSR count). The van der Waals surface area contributed by atoms with Gasteiger partial charge in [0.2, 0.25) is 0 Å². The lowest BCUT2D eigenvalue weighted by Crippen LogP contribution is -2.35. The van der Waals surface area contributed by atoms with Crippen molar-refractivity contribution in [2.45, 2.75) is 52.6 Å². The van der Waals surface area contributed by atoms with Crippen molar-refractivity contribution in [1.29, 1.82) is 0 Å². The lowest BCUT2D eigenvalue weighted by molar-refractivity contribution is -0.154. The minimum absolute atomic E-state index is 0.188. The number of pyridine rings is 1. The van der Waals surface area contributed by atoms with E-state index < -0.39 is 11.5 Å². The Morgan fingerprint density at radius 1 is 1.20 bits per heavy atom. The fourth-order valence-electron chi connectivity index (χ4n) is 3.73. The Bertz CT molecular complexity index is 984. The Labute approximate surface area is 176 Å². The van der Waals surface area contributed by atoms with Crippen LogP contribution in [0.3, 0.4) is 0 Å². The summed E-state index contributed by atoms with van der Waals surface area (Å²) in [4.78, 5) is 40.2. The quantitative estimate of drug-likeness (QED) is 0.650. The van der Waals surface area contributed by atoms with Crippen LogP contribution in [-0.2, 0) is 23.9 Å². The van der Waals surface area contributed by atoms with E-state index in [1.165, 1.54) is 6.92 Å². The van der Waals surface area contributed by atoms with Gasteiger partial charge < -0.3 is 9.47 Å². The number of Topliss-reactive ketones (excluding diaryl/α,β-unsaturated/α-hetero) is 1. The molecule has 1 aromatic heterocycles. The molecule has 6 heteroatoms. The Balaban J connectivity index is 1.89. The number of ketones is 1. The van der Waals surface area contributed by atoms with Crippen molar-refractivity contribution in [1.82, 2.24) is 4.98 Å². The number of fused-ring (bicyclic) bond motifs is 1. The molecular weight excluding hydrogens is 382 g/mol. The van der Waals surface area contributed by atoms with Gasteiger partial charge in [0.1, 0.15) is 11.9 Å². The molecule has 1 heterocycles. The molecule has 0 saturated heterocycles. The first-order valence-corrected chi connectivity index (χ1v) is 10.3. The summed E-state index contributed by atoms with van der Waals surface area (Å²) in [6.07, 6.45) is 5.06. The van der Waals surface area contributed by atoms with Crippen LogP contribution in [-0.4, -0.2) is 29.3 Å². The van der Waals surface area contributed by atoms with Gasteiger partial charge >= 0.3 is 11.9 Å². The fourth-order valence-corrected chi connectivity index (χ4v) is 3.73. The molecule has 1 aliphatic carbocycles. The van der Waals surface area contributed by atoms with Crippen molar-refractivity contribution < 1.29 is 23.9 Å². The lowest BCUT2D eigenvalue weighted by atomic mass is 9.73. The van der Waals surface area contributed by atoms with E-state index in [-0.39, 0.29) is 17.7 Å². The first-order chi connectivity index (χ1) is 14.3. The van der Waals surface area contributed by atoms with Gasteiger partial charge in [-0.3, -0.25) is 14.4 Å². The highest BCUT2D eigenvalue weighted by Gasteiger charge is 2.40. The van der Waals surface area contributed by atoms with Crippen LogP contribution in [0.5, 0.6) is 0 Å². The molecule has 1 fully saturated rings. The van der Waals surface area contributed by atoms with E-state index in [2.05, 4.69) is 4.98 Å². The van der Waals surface area contributed by atoms with Crippen molar-refractivity contribution in [2.24, 2.45) is 5.41 Å². The van der Waals surface area contributed by atoms with E-state index in [1.54, 1.807) is 13.8 Å². The summed E-state index contributed by atoms with van der Waals surface area (Å²) < 4.78 is 10.5. The molecule has 0 radical (unpaired) electrons. The third-order valence-electron chi connectivity index (χ3n) is 5.47. The van der Waals surface area contributed by atoms with Crippen LogP contribution in [0.2, 0.25) is 0 Å². The maximum Gasteiger partial charge on any atom is 0.315 e. The van der Waals surface area contributed by atoms with Crippen LogP contribution >= 0.6 is 0 Å². The topological polar surface area (TPSA) is 82.6 Å². The van der Waals surface area contributed by atoms with Crippen LogP contribution < -0.4 is 0 Å². The average molecular weight is 409 g/mol. The standard InChI is InChI=1S/C24H27NO5/c1-4-29-23(28)24(13-10-20(27)11-14-24)12-9-18-5-6-19-7-8-21(25-22(19)15-18)16(2)30-17(3)26/h5-9,12,15-16H,4,10-11,13-14H2,1-3H3/t16-/m1/s1. The second kappa shape index (κ2) is 9.20. The van der Waals surface area contributed by atoms with E-state index >= 15 is 0 Å². The Hall–Kier alpha value is -3.02. The van der Waals surface area contributed by atoms with Gasteiger partial charge in [0.25, 0.3) is 0 Å². The van der Waals surface area contributed by atoms with Gasteiger partial charge in [-0.15, -0.1) is 0 Å². The summed E-state index contributed by atoms with van der Waals surface area (Å²) in [5, 5.41) is 0.967. The average Bonchev–Trinajstić information content (AvgIpc) is 2.72. The third-order valence-corrected chi connectivity index (χ3v) is 5.47. The number of carbonyl (C=O) groups is 3. The van der Waals surface area contributed by atoms with Gasteiger partial charge in [0.05, 0.1) is 23.2 Å². The van der Waals surface area contributed by atoms with E-state index in [0.717, 1.165) is 16.5 Å². The Kier molecular flexibility index (Phi) is 6.65. The van der Waals surface area contributed by atoms with Gasteiger partial charge in [0.15, 0.2) is 0 Å². The summed E-state index contributed by atoms with van der Waals surface area (Å²) in [6.45, 7) is 5.25. The first-order valence-electron chi connectivity index (χ1n) is 10.3. The molecule has 2 aromatic rings. The normalized spacial score (nSPS) is 17.1. The summed E-state index contributed by atoms with van der Waals surface area (Å²) in [5.41, 5.74) is 1.58. The predicted molar refractivity (Wildman–Crippen MR) is 113 cm³/mol. The summed E-state index contributed by atoms with van der Waals surface area (Å²) in [5.74, 6) is -0.436. The van der Waals surface area contributed by atoms with Gasteiger partial charge in [-0.25, -0.2) is 4.98 Å². The Morgan fingerprint density at radius 3 is 2.57 bits per heavy atom. The molecule has 1 atom stereocenters. The van der Waals surface area contributed by atoms with Gasteiger partial charge in [-0.05, 0) is 44.4 Å². The number of nitrogens with zero attached hydrogens (tertiary/aromatic N) is 1. The maximum absolute atomic E-state index is 12.6.